The Bertz CT molecular complexity index is 578. The van der Waals surface area contributed by atoms with E-state index in [2.05, 4.69) is 15.3 Å². The molecule has 5 nitrogen and oxygen atoms in total. The van der Waals surface area contributed by atoms with E-state index in [1.54, 1.807) is 6.20 Å². The first-order chi connectivity index (χ1) is 9.08. The minimum atomic E-state index is -0.334. The molecule has 0 amide bonds. The van der Waals surface area contributed by atoms with E-state index in [0.717, 1.165) is 35.6 Å². The van der Waals surface area contributed by atoms with Crippen molar-refractivity contribution in [3.63, 3.8) is 0 Å². The fourth-order valence-corrected chi connectivity index (χ4v) is 2.42. The van der Waals surface area contributed by atoms with Crippen LogP contribution >= 0.6 is 11.6 Å². The third kappa shape index (κ3) is 2.62. The van der Waals surface area contributed by atoms with Gasteiger partial charge in [0.1, 0.15) is 0 Å². The summed E-state index contributed by atoms with van der Waals surface area (Å²) in [7, 11) is 0. The van der Waals surface area contributed by atoms with Gasteiger partial charge in [-0.15, -0.1) is 0 Å². The van der Waals surface area contributed by atoms with Crippen LogP contribution in [-0.2, 0) is 13.0 Å². The van der Waals surface area contributed by atoms with Gasteiger partial charge in [0.2, 0.25) is 0 Å². The topological polar surface area (TPSA) is 69.6 Å². The fourth-order valence-electron chi connectivity index (χ4n) is 2.16. The maximum Gasteiger partial charge on any atom is 0.0837 e. The second-order valence-electron chi connectivity index (χ2n) is 4.41. The number of hydrogen-bond donors (Lipinski definition) is 1. The zero-order chi connectivity index (χ0) is 14.0. The van der Waals surface area contributed by atoms with Gasteiger partial charge in [0, 0.05) is 12.1 Å². The van der Waals surface area contributed by atoms with Crippen molar-refractivity contribution in [1.29, 1.82) is 0 Å². The first kappa shape index (κ1) is 14.0. The van der Waals surface area contributed by atoms with E-state index in [9.17, 15) is 0 Å². The van der Waals surface area contributed by atoms with Crippen molar-refractivity contribution in [1.82, 2.24) is 20.0 Å². The number of nitrogens with zero attached hydrogens (tertiary/aromatic N) is 4. The Balaban J connectivity index is 2.51. The molecule has 0 aliphatic carbocycles. The predicted molar refractivity (Wildman–Crippen MR) is 75.1 cm³/mol. The van der Waals surface area contributed by atoms with Crippen LogP contribution in [0.1, 0.15) is 42.5 Å². The highest BCUT2D eigenvalue weighted by atomic mass is 35.5. The SMILES string of the molecule is CCc1nnc(C)cc1C(N)c1c(Cl)cnn1CC. The van der Waals surface area contributed by atoms with E-state index >= 15 is 0 Å². The molecule has 6 heteroatoms. The molecule has 0 aliphatic heterocycles. The summed E-state index contributed by atoms with van der Waals surface area (Å²) in [4.78, 5) is 0. The molecule has 2 N–H and O–H groups in total. The molecule has 2 heterocycles. The number of aryl methyl sites for hydroxylation is 3. The zero-order valence-electron chi connectivity index (χ0n) is 11.4. The molecule has 19 heavy (non-hydrogen) atoms. The highest BCUT2D eigenvalue weighted by Gasteiger charge is 2.21. The first-order valence-electron chi connectivity index (χ1n) is 6.38. The summed E-state index contributed by atoms with van der Waals surface area (Å²) in [5.74, 6) is 0. The molecule has 0 aromatic carbocycles. The number of aromatic nitrogens is 4. The van der Waals surface area contributed by atoms with E-state index < -0.39 is 0 Å². The van der Waals surface area contributed by atoms with Crippen molar-refractivity contribution in [2.24, 2.45) is 5.73 Å². The van der Waals surface area contributed by atoms with Gasteiger partial charge < -0.3 is 5.73 Å². The fraction of sp³-hybridized carbons (Fsp3) is 0.462. The Kier molecular flexibility index (Phi) is 4.17. The molecule has 1 unspecified atom stereocenters. The van der Waals surface area contributed by atoms with Crippen LogP contribution in [0, 0.1) is 6.92 Å². The second-order valence-corrected chi connectivity index (χ2v) is 4.82. The van der Waals surface area contributed by atoms with Gasteiger partial charge in [-0.05, 0) is 26.3 Å². The van der Waals surface area contributed by atoms with E-state index in [-0.39, 0.29) is 6.04 Å². The van der Waals surface area contributed by atoms with Gasteiger partial charge in [-0.25, -0.2) is 0 Å². The standard InChI is InChI=1S/C13H18ClN5/c1-4-11-9(6-8(3)17-18-11)12(15)13-10(14)7-16-19(13)5-2/h6-7,12H,4-5,15H2,1-3H3. The lowest BCUT2D eigenvalue weighted by molar-refractivity contribution is 0.597. The van der Waals surface area contributed by atoms with Crippen molar-refractivity contribution in [3.8, 4) is 0 Å². The summed E-state index contributed by atoms with van der Waals surface area (Å²) < 4.78 is 1.82. The third-order valence-electron chi connectivity index (χ3n) is 3.12. The minimum Gasteiger partial charge on any atom is -0.319 e. The number of hydrogen-bond acceptors (Lipinski definition) is 4. The van der Waals surface area contributed by atoms with Crippen LogP contribution in [0.4, 0.5) is 0 Å². The summed E-state index contributed by atoms with van der Waals surface area (Å²) >= 11 is 6.20. The Hall–Kier alpha value is -1.46. The molecule has 0 spiro atoms. The lowest BCUT2D eigenvalue weighted by Crippen LogP contribution is -2.20. The van der Waals surface area contributed by atoms with Gasteiger partial charge in [0.25, 0.3) is 0 Å². The number of rotatable bonds is 4. The molecule has 0 aliphatic rings. The Morgan fingerprint density at radius 3 is 2.74 bits per heavy atom. The van der Waals surface area contributed by atoms with E-state index in [4.69, 9.17) is 17.3 Å². The van der Waals surface area contributed by atoms with Crippen molar-refractivity contribution in [2.75, 3.05) is 0 Å². The van der Waals surface area contributed by atoms with Gasteiger partial charge in [0.05, 0.1) is 34.3 Å². The van der Waals surface area contributed by atoms with Crippen molar-refractivity contribution < 1.29 is 0 Å². The van der Waals surface area contributed by atoms with E-state index in [1.807, 2.05) is 31.5 Å². The third-order valence-corrected chi connectivity index (χ3v) is 3.41. The molecule has 2 aromatic heterocycles. The van der Waals surface area contributed by atoms with Crippen LogP contribution in [0.5, 0.6) is 0 Å². The van der Waals surface area contributed by atoms with Crippen LogP contribution in [0.15, 0.2) is 12.3 Å². The number of halogens is 1. The molecule has 102 valence electrons. The van der Waals surface area contributed by atoms with E-state index in [1.165, 1.54) is 0 Å². The van der Waals surface area contributed by atoms with Crippen LogP contribution in [0.3, 0.4) is 0 Å². The van der Waals surface area contributed by atoms with Crippen LogP contribution in [-0.4, -0.2) is 20.0 Å². The molecule has 2 aromatic rings. The lowest BCUT2D eigenvalue weighted by atomic mass is 10.0. The molecule has 1 atom stereocenters. The van der Waals surface area contributed by atoms with E-state index in [0.29, 0.717) is 5.02 Å². The Morgan fingerprint density at radius 2 is 2.11 bits per heavy atom. The molecular formula is C13H18ClN5. The minimum absolute atomic E-state index is 0.334. The molecule has 0 saturated carbocycles. The van der Waals surface area contributed by atoms with Crippen molar-refractivity contribution >= 4 is 11.6 Å². The summed E-state index contributed by atoms with van der Waals surface area (Å²) in [6.07, 6.45) is 2.42. The van der Waals surface area contributed by atoms with Gasteiger partial charge in [-0.2, -0.15) is 15.3 Å². The molecule has 2 rings (SSSR count). The Morgan fingerprint density at radius 1 is 1.37 bits per heavy atom. The quantitative estimate of drug-likeness (QED) is 0.932. The summed E-state index contributed by atoms with van der Waals surface area (Å²) in [5.41, 5.74) is 9.91. The maximum absolute atomic E-state index is 6.37. The molecule has 0 saturated heterocycles. The van der Waals surface area contributed by atoms with Crippen LogP contribution in [0.25, 0.3) is 0 Å². The van der Waals surface area contributed by atoms with Gasteiger partial charge >= 0.3 is 0 Å². The summed E-state index contributed by atoms with van der Waals surface area (Å²) in [6, 6.07) is 1.64. The number of nitrogens with two attached hydrogens (primary N) is 1. The van der Waals surface area contributed by atoms with Crippen molar-refractivity contribution in [2.45, 2.75) is 39.8 Å². The first-order valence-corrected chi connectivity index (χ1v) is 6.76. The Labute approximate surface area is 117 Å². The van der Waals surface area contributed by atoms with Gasteiger partial charge in [0.15, 0.2) is 0 Å². The predicted octanol–water partition coefficient (Wildman–Crippen LogP) is 2.27. The van der Waals surface area contributed by atoms with Crippen LogP contribution < -0.4 is 5.73 Å². The average molecular weight is 280 g/mol. The second kappa shape index (κ2) is 5.67. The normalized spacial score (nSPS) is 12.7. The lowest BCUT2D eigenvalue weighted by Gasteiger charge is -2.17. The average Bonchev–Trinajstić information content (AvgIpc) is 2.79. The largest absolute Gasteiger partial charge is 0.319 e. The van der Waals surface area contributed by atoms with Crippen LogP contribution in [0.2, 0.25) is 5.02 Å². The molecular weight excluding hydrogens is 262 g/mol. The van der Waals surface area contributed by atoms with Gasteiger partial charge in [-0.3, -0.25) is 4.68 Å². The zero-order valence-corrected chi connectivity index (χ0v) is 12.1. The highest BCUT2D eigenvalue weighted by molar-refractivity contribution is 6.31. The maximum atomic E-state index is 6.37. The summed E-state index contributed by atoms with van der Waals surface area (Å²) in [6.45, 7) is 6.68. The molecule has 0 fully saturated rings. The smallest absolute Gasteiger partial charge is 0.0837 e. The van der Waals surface area contributed by atoms with Crippen molar-refractivity contribution in [3.05, 3.63) is 39.9 Å². The molecule has 0 radical (unpaired) electrons. The molecule has 0 bridgehead atoms. The monoisotopic (exact) mass is 279 g/mol. The van der Waals surface area contributed by atoms with Gasteiger partial charge in [-0.1, -0.05) is 18.5 Å². The summed E-state index contributed by atoms with van der Waals surface area (Å²) in [5, 5.41) is 13.1. The highest BCUT2D eigenvalue weighted by Crippen LogP contribution is 2.28.